The number of benzene rings is 1. The molecule has 1 saturated heterocycles. The lowest BCUT2D eigenvalue weighted by molar-refractivity contribution is -0.134. The fourth-order valence-electron chi connectivity index (χ4n) is 2.28. The molecule has 10 heteroatoms. The second kappa shape index (κ2) is 7.82. The molecule has 1 fully saturated rings. The number of halogens is 1. The summed E-state index contributed by atoms with van der Waals surface area (Å²) in [5, 5.41) is 0.243. The van der Waals surface area contributed by atoms with Crippen LogP contribution in [0, 0.1) is 0 Å². The van der Waals surface area contributed by atoms with Gasteiger partial charge in [0.1, 0.15) is 10.6 Å². The molecule has 2 rings (SSSR count). The van der Waals surface area contributed by atoms with E-state index in [2.05, 4.69) is 4.72 Å². The van der Waals surface area contributed by atoms with Crippen molar-refractivity contribution in [3.05, 3.63) is 23.2 Å². The van der Waals surface area contributed by atoms with Gasteiger partial charge in [-0.3, -0.25) is 9.59 Å². The van der Waals surface area contributed by atoms with Crippen molar-refractivity contribution in [1.82, 2.24) is 14.5 Å². The average Bonchev–Trinajstić information content (AvgIpc) is 2.59. The molecule has 1 aliphatic heterocycles. The zero-order valence-corrected chi connectivity index (χ0v) is 14.6. The number of methoxy groups -OCH3 is 1. The van der Waals surface area contributed by atoms with E-state index in [1.165, 1.54) is 30.2 Å². The second-order valence-electron chi connectivity index (χ2n) is 5.14. The van der Waals surface area contributed by atoms with Gasteiger partial charge in [-0.2, -0.15) is 0 Å². The van der Waals surface area contributed by atoms with Crippen LogP contribution in [0.3, 0.4) is 0 Å². The van der Waals surface area contributed by atoms with Gasteiger partial charge in [0, 0.05) is 31.2 Å². The van der Waals surface area contributed by atoms with Crippen molar-refractivity contribution in [2.24, 2.45) is 0 Å². The monoisotopic (exact) mass is 375 g/mol. The van der Waals surface area contributed by atoms with E-state index in [9.17, 15) is 18.0 Å². The summed E-state index contributed by atoms with van der Waals surface area (Å²) in [5.41, 5.74) is 0. The number of nitrogens with zero attached hydrogens (tertiary/aromatic N) is 2. The van der Waals surface area contributed by atoms with Crippen molar-refractivity contribution in [2.45, 2.75) is 4.90 Å². The van der Waals surface area contributed by atoms with Crippen LogP contribution in [-0.2, 0) is 19.6 Å². The number of ether oxygens (including phenoxy) is 1. The van der Waals surface area contributed by atoms with Gasteiger partial charge in [0.25, 0.3) is 0 Å². The molecule has 0 radical (unpaired) electrons. The van der Waals surface area contributed by atoms with Crippen LogP contribution in [-0.4, -0.2) is 70.4 Å². The summed E-state index contributed by atoms with van der Waals surface area (Å²) in [6.07, 6.45) is 0.732. The van der Waals surface area contributed by atoms with Gasteiger partial charge in [0.2, 0.25) is 22.3 Å². The molecule has 0 unspecified atom stereocenters. The van der Waals surface area contributed by atoms with Gasteiger partial charge >= 0.3 is 0 Å². The van der Waals surface area contributed by atoms with Crippen molar-refractivity contribution in [2.75, 3.05) is 39.8 Å². The second-order valence-corrected chi connectivity index (χ2v) is 7.31. The molecule has 0 aliphatic carbocycles. The lowest BCUT2D eigenvalue weighted by Gasteiger charge is -2.32. The first kappa shape index (κ1) is 18.5. The zero-order chi connectivity index (χ0) is 17.7. The molecule has 0 atom stereocenters. The predicted octanol–water partition coefficient (Wildman–Crippen LogP) is -0.0725. The molecule has 1 aromatic carbocycles. The number of nitrogens with one attached hydrogen (secondary N) is 1. The molecular weight excluding hydrogens is 358 g/mol. The van der Waals surface area contributed by atoms with Crippen LogP contribution >= 0.6 is 11.6 Å². The van der Waals surface area contributed by atoms with E-state index < -0.39 is 10.0 Å². The van der Waals surface area contributed by atoms with E-state index >= 15 is 0 Å². The van der Waals surface area contributed by atoms with Gasteiger partial charge in [0.15, 0.2) is 0 Å². The maximum atomic E-state index is 12.4. The van der Waals surface area contributed by atoms with Gasteiger partial charge in [-0.05, 0) is 18.2 Å². The third kappa shape index (κ3) is 4.37. The van der Waals surface area contributed by atoms with E-state index in [1.807, 2.05) is 0 Å². The molecular formula is C14H18ClN3O5S. The highest BCUT2D eigenvalue weighted by Crippen LogP contribution is 2.26. The molecule has 0 saturated carbocycles. The van der Waals surface area contributed by atoms with Crippen LogP contribution in [0.15, 0.2) is 23.1 Å². The Labute approximate surface area is 145 Å². The SMILES string of the molecule is COc1ccc(Cl)cc1S(=O)(=O)NCC(=O)N1CCN(C=O)CC1. The Morgan fingerprint density at radius 3 is 2.58 bits per heavy atom. The van der Waals surface area contributed by atoms with Crippen LogP contribution in [0.5, 0.6) is 5.75 Å². The number of carbonyl (C=O) groups excluding carboxylic acids is 2. The van der Waals surface area contributed by atoms with Crippen LogP contribution in [0.1, 0.15) is 0 Å². The Morgan fingerprint density at radius 2 is 2.00 bits per heavy atom. The highest BCUT2D eigenvalue weighted by atomic mass is 35.5. The van der Waals surface area contributed by atoms with Crippen LogP contribution in [0.25, 0.3) is 0 Å². The molecule has 132 valence electrons. The molecule has 0 aromatic heterocycles. The third-order valence-corrected chi connectivity index (χ3v) is 5.30. The first-order valence-electron chi connectivity index (χ1n) is 7.17. The number of piperazine rings is 1. The Bertz CT molecular complexity index is 717. The van der Waals surface area contributed by atoms with E-state index in [0.717, 1.165) is 6.41 Å². The van der Waals surface area contributed by atoms with Gasteiger partial charge < -0.3 is 14.5 Å². The standard InChI is InChI=1S/C14H18ClN3O5S/c1-23-12-3-2-11(15)8-13(12)24(21,22)16-9-14(20)18-6-4-17(10-19)5-7-18/h2-3,8,10,16H,4-7,9H2,1H3. The minimum absolute atomic E-state index is 0.129. The van der Waals surface area contributed by atoms with Gasteiger partial charge in [0.05, 0.1) is 13.7 Å². The molecule has 2 amide bonds. The molecule has 1 aromatic rings. The van der Waals surface area contributed by atoms with Crippen molar-refractivity contribution in [3.8, 4) is 5.75 Å². The maximum absolute atomic E-state index is 12.4. The number of hydrogen-bond donors (Lipinski definition) is 1. The number of hydrogen-bond acceptors (Lipinski definition) is 5. The maximum Gasteiger partial charge on any atom is 0.244 e. The van der Waals surface area contributed by atoms with Crippen molar-refractivity contribution < 1.29 is 22.7 Å². The summed E-state index contributed by atoms with van der Waals surface area (Å²) in [6.45, 7) is 1.24. The minimum atomic E-state index is -3.95. The van der Waals surface area contributed by atoms with Crippen molar-refractivity contribution >= 4 is 33.9 Å². The summed E-state index contributed by atoms with van der Waals surface area (Å²) >= 11 is 5.84. The molecule has 1 heterocycles. The first-order chi connectivity index (χ1) is 11.4. The largest absolute Gasteiger partial charge is 0.495 e. The number of carbonyl (C=O) groups is 2. The quantitative estimate of drug-likeness (QED) is 0.702. The highest BCUT2D eigenvalue weighted by molar-refractivity contribution is 7.89. The molecule has 1 aliphatic rings. The number of rotatable bonds is 6. The van der Waals surface area contributed by atoms with Gasteiger partial charge in [-0.15, -0.1) is 0 Å². The van der Waals surface area contributed by atoms with Gasteiger partial charge in [-0.1, -0.05) is 11.6 Å². The van der Waals surface area contributed by atoms with Crippen LogP contribution in [0.4, 0.5) is 0 Å². The molecule has 1 N–H and O–H groups in total. The predicted molar refractivity (Wildman–Crippen MR) is 87.4 cm³/mol. The highest BCUT2D eigenvalue weighted by Gasteiger charge is 2.24. The summed E-state index contributed by atoms with van der Waals surface area (Å²) in [5.74, 6) is -0.218. The Balaban J connectivity index is 2.01. The zero-order valence-electron chi connectivity index (χ0n) is 13.1. The molecule has 0 bridgehead atoms. The molecule has 24 heavy (non-hydrogen) atoms. The van der Waals surface area contributed by atoms with Crippen molar-refractivity contribution in [3.63, 3.8) is 0 Å². The number of sulfonamides is 1. The average molecular weight is 376 g/mol. The smallest absolute Gasteiger partial charge is 0.244 e. The van der Waals surface area contributed by atoms with E-state index in [-0.39, 0.29) is 28.1 Å². The fourth-order valence-corrected chi connectivity index (χ4v) is 3.69. The Hall–Kier alpha value is -1.84. The summed E-state index contributed by atoms with van der Waals surface area (Å²) < 4.78 is 32.0. The topological polar surface area (TPSA) is 96.0 Å². The van der Waals surface area contributed by atoms with Crippen LogP contribution < -0.4 is 9.46 Å². The number of amides is 2. The summed E-state index contributed by atoms with van der Waals surface area (Å²) in [4.78, 5) is 25.7. The molecule has 0 spiro atoms. The normalized spacial score (nSPS) is 15.2. The van der Waals surface area contributed by atoms with Gasteiger partial charge in [-0.25, -0.2) is 13.1 Å². The third-order valence-electron chi connectivity index (χ3n) is 3.64. The lowest BCUT2D eigenvalue weighted by Crippen LogP contribution is -2.50. The van der Waals surface area contributed by atoms with Crippen molar-refractivity contribution in [1.29, 1.82) is 0 Å². The van der Waals surface area contributed by atoms with Crippen LogP contribution in [0.2, 0.25) is 5.02 Å². The summed E-state index contributed by atoms with van der Waals surface area (Å²) in [6, 6.07) is 4.21. The Kier molecular flexibility index (Phi) is 6.03. The minimum Gasteiger partial charge on any atom is -0.495 e. The summed E-state index contributed by atoms with van der Waals surface area (Å²) in [7, 11) is -2.60. The van der Waals surface area contributed by atoms with E-state index in [1.54, 1.807) is 4.90 Å². The first-order valence-corrected chi connectivity index (χ1v) is 9.04. The molecule has 8 nitrogen and oxygen atoms in total. The van der Waals surface area contributed by atoms with E-state index in [4.69, 9.17) is 16.3 Å². The fraction of sp³-hybridized carbons (Fsp3) is 0.429. The lowest BCUT2D eigenvalue weighted by atomic mass is 10.3. The Morgan fingerprint density at radius 1 is 1.33 bits per heavy atom. The van der Waals surface area contributed by atoms with E-state index in [0.29, 0.717) is 26.2 Å².